The Bertz CT molecular complexity index is 354. The quantitative estimate of drug-likeness (QED) is 0.638. The van der Waals surface area contributed by atoms with Crippen LogP contribution in [0, 0.1) is 0 Å². The van der Waals surface area contributed by atoms with Crippen LogP contribution in [-0.2, 0) is 4.74 Å². The van der Waals surface area contributed by atoms with Crippen molar-refractivity contribution in [3.63, 3.8) is 0 Å². The Morgan fingerprint density at radius 3 is 2.54 bits per heavy atom. The van der Waals surface area contributed by atoms with Gasteiger partial charge in [-0.25, -0.2) is 4.99 Å². The maximum absolute atomic E-state index is 5.42. The summed E-state index contributed by atoms with van der Waals surface area (Å²) in [6.45, 7) is 5.74. The molecule has 0 spiro atoms. The van der Waals surface area contributed by atoms with E-state index >= 15 is 0 Å². The zero-order chi connectivity index (χ0) is 9.26. The van der Waals surface area contributed by atoms with Crippen LogP contribution in [0.5, 0.6) is 0 Å². The van der Waals surface area contributed by atoms with Crippen LogP contribution in [0.2, 0.25) is 0 Å². The summed E-state index contributed by atoms with van der Waals surface area (Å²) < 4.78 is 5.42. The van der Waals surface area contributed by atoms with Crippen LogP contribution in [0.1, 0.15) is 12.5 Å². The molecule has 0 amide bonds. The summed E-state index contributed by atoms with van der Waals surface area (Å²) in [5.41, 5.74) is 1.01. The minimum atomic E-state index is 0.0789. The molecule has 2 rings (SSSR count). The Balaban J connectivity index is 2.30. The molecule has 66 valence electrons. The summed E-state index contributed by atoms with van der Waals surface area (Å²) in [6.07, 6.45) is 0. The average Bonchev–Trinajstić information content (AvgIpc) is 2.49. The van der Waals surface area contributed by atoms with Gasteiger partial charge in [0.15, 0.2) is 0 Å². The van der Waals surface area contributed by atoms with Crippen LogP contribution < -0.4 is 0 Å². The van der Waals surface area contributed by atoms with Gasteiger partial charge in [-0.3, -0.25) is 0 Å². The predicted octanol–water partition coefficient (Wildman–Crippen LogP) is 2.37. The van der Waals surface area contributed by atoms with Crippen LogP contribution in [0.25, 0.3) is 0 Å². The molecule has 2 heteroatoms. The van der Waals surface area contributed by atoms with Gasteiger partial charge in [-0.05, 0) is 19.1 Å². The van der Waals surface area contributed by atoms with E-state index in [1.54, 1.807) is 0 Å². The van der Waals surface area contributed by atoms with Crippen LogP contribution in [0.3, 0.4) is 0 Å². The van der Waals surface area contributed by atoms with Crippen molar-refractivity contribution >= 4 is 5.90 Å². The molecule has 0 radical (unpaired) electrons. The van der Waals surface area contributed by atoms with Gasteiger partial charge >= 0.3 is 0 Å². The van der Waals surface area contributed by atoms with Gasteiger partial charge in [-0.1, -0.05) is 24.8 Å². The van der Waals surface area contributed by atoms with Gasteiger partial charge in [0.25, 0.3) is 0 Å². The zero-order valence-electron chi connectivity index (χ0n) is 7.53. The molecule has 1 aromatic carbocycles. The molecule has 1 aromatic rings. The van der Waals surface area contributed by atoms with Crippen LogP contribution in [-0.4, -0.2) is 11.9 Å². The fraction of sp³-hybridized carbons (Fsp3) is 0.182. The smallest absolute Gasteiger partial charge is 0.222 e. The summed E-state index contributed by atoms with van der Waals surface area (Å²) in [5, 5.41) is 0. The lowest BCUT2D eigenvalue weighted by Gasteiger charge is -2.00. The van der Waals surface area contributed by atoms with E-state index in [1.807, 2.05) is 37.3 Å². The standard InChI is InChI=1S/C11H11NO/c1-8-9(2)13-11(12-8)10-6-4-3-5-7-10/h3-8H,2H2,1H3. The second kappa shape index (κ2) is 3.05. The summed E-state index contributed by atoms with van der Waals surface area (Å²) in [6, 6.07) is 9.93. The number of aliphatic imine (C=N–C) groups is 1. The van der Waals surface area contributed by atoms with E-state index in [-0.39, 0.29) is 6.04 Å². The highest BCUT2D eigenvalue weighted by molar-refractivity contribution is 5.96. The molecule has 0 aromatic heterocycles. The van der Waals surface area contributed by atoms with Crippen molar-refractivity contribution in [2.45, 2.75) is 13.0 Å². The summed E-state index contributed by atoms with van der Waals surface area (Å²) in [5.74, 6) is 1.40. The molecular weight excluding hydrogens is 162 g/mol. The van der Waals surface area contributed by atoms with E-state index in [4.69, 9.17) is 4.74 Å². The Hall–Kier alpha value is -1.57. The fourth-order valence-electron chi connectivity index (χ4n) is 1.20. The Kier molecular flexibility index (Phi) is 1.89. The molecule has 1 aliphatic heterocycles. The molecule has 2 nitrogen and oxygen atoms in total. The lowest BCUT2D eigenvalue weighted by molar-refractivity contribution is 0.424. The first-order chi connectivity index (χ1) is 6.27. The van der Waals surface area contributed by atoms with E-state index < -0.39 is 0 Å². The first-order valence-corrected chi connectivity index (χ1v) is 4.27. The molecule has 1 heterocycles. The van der Waals surface area contributed by atoms with Gasteiger partial charge in [0.1, 0.15) is 11.8 Å². The molecule has 0 fully saturated rings. The summed E-state index contributed by atoms with van der Waals surface area (Å²) in [4.78, 5) is 4.33. The second-order valence-corrected chi connectivity index (χ2v) is 3.04. The van der Waals surface area contributed by atoms with Crippen molar-refractivity contribution in [3.8, 4) is 0 Å². The van der Waals surface area contributed by atoms with Gasteiger partial charge in [0.05, 0.1) is 0 Å². The fourth-order valence-corrected chi connectivity index (χ4v) is 1.20. The van der Waals surface area contributed by atoms with Gasteiger partial charge in [-0.2, -0.15) is 0 Å². The van der Waals surface area contributed by atoms with E-state index in [0.717, 1.165) is 11.3 Å². The number of hydrogen-bond acceptors (Lipinski definition) is 2. The Labute approximate surface area is 77.6 Å². The number of nitrogens with zero attached hydrogens (tertiary/aromatic N) is 1. The van der Waals surface area contributed by atoms with Crippen LogP contribution >= 0.6 is 0 Å². The van der Waals surface area contributed by atoms with Crippen molar-refractivity contribution in [1.29, 1.82) is 0 Å². The van der Waals surface area contributed by atoms with E-state index in [2.05, 4.69) is 11.6 Å². The summed E-state index contributed by atoms with van der Waals surface area (Å²) >= 11 is 0. The third kappa shape index (κ3) is 1.47. The van der Waals surface area contributed by atoms with Crippen LogP contribution in [0.15, 0.2) is 47.7 Å². The molecule has 13 heavy (non-hydrogen) atoms. The largest absolute Gasteiger partial charge is 0.441 e. The minimum absolute atomic E-state index is 0.0789. The van der Waals surface area contributed by atoms with Crippen molar-refractivity contribution in [2.75, 3.05) is 0 Å². The van der Waals surface area contributed by atoms with Gasteiger partial charge < -0.3 is 4.74 Å². The molecule has 0 saturated carbocycles. The maximum Gasteiger partial charge on any atom is 0.222 e. The van der Waals surface area contributed by atoms with Crippen molar-refractivity contribution in [1.82, 2.24) is 0 Å². The topological polar surface area (TPSA) is 21.6 Å². The van der Waals surface area contributed by atoms with E-state index in [1.165, 1.54) is 0 Å². The number of benzene rings is 1. The Morgan fingerprint density at radius 1 is 1.31 bits per heavy atom. The van der Waals surface area contributed by atoms with Gasteiger partial charge in [0.2, 0.25) is 5.90 Å². The van der Waals surface area contributed by atoms with Crippen molar-refractivity contribution < 1.29 is 4.74 Å². The first-order valence-electron chi connectivity index (χ1n) is 4.27. The van der Waals surface area contributed by atoms with Gasteiger partial charge in [-0.15, -0.1) is 0 Å². The molecule has 1 unspecified atom stereocenters. The SMILES string of the molecule is C=C1OC(c2ccccc2)=NC1C. The highest BCUT2D eigenvalue weighted by Gasteiger charge is 2.19. The second-order valence-electron chi connectivity index (χ2n) is 3.04. The maximum atomic E-state index is 5.42. The van der Waals surface area contributed by atoms with Crippen LogP contribution in [0.4, 0.5) is 0 Å². The minimum Gasteiger partial charge on any atom is -0.441 e. The third-order valence-corrected chi connectivity index (χ3v) is 2.03. The zero-order valence-corrected chi connectivity index (χ0v) is 7.53. The van der Waals surface area contributed by atoms with Crippen molar-refractivity contribution in [2.24, 2.45) is 4.99 Å². The van der Waals surface area contributed by atoms with Crippen molar-refractivity contribution in [3.05, 3.63) is 48.2 Å². The number of rotatable bonds is 1. The molecular formula is C11H11NO. The third-order valence-electron chi connectivity index (χ3n) is 2.03. The highest BCUT2D eigenvalue weighted by atomic mass is 16.5. The lowest BCUT2D eigenvalue weighted by atomic mass is 10.2. The highest BCUT2D eigenvalue weighted by Crippen LogP contribution is 2.18. The summed E-state index contributed by atoms with van der Waals surface area (Å²) in [7, 11) is 0. The molecule has 1 aliphatic rings. The first kappa shape index (κ1) is 8.05. The van der Waals surface area contributed by atoms with E-state index in [9.17, 15) is 0 Å². The molecule has 1 atom stereocenters. The molecule has 0 aliphatic carbocycles. The number of hydrogen-bond donors (Lipinski definition) is 0. The predicted molar refractivity (Wildman–Crippen MR) is 52.7 cm³/mol. The number of ether oxygens (including phenoxy) is 1. The molecule has 0 bridgehead atoms. The lowest BCUT2D eigenvalue weighted by Crippen LogP contribution is -1.99. The normalized spacial score (nSPS) is 21.2. The van der Waals surface area contributed by atoms with E-state index in [0.29, 0.717) is 5.90 Å². The Morgan fingerprint density at radius 2 is 2.00 bits per heavy atom. The molecule has 0 saturated heterocycles. The molecule has 0 N–H and O–H groups in total. The average molecular weight is 173 g/mol. The van der Waals surface area contributed by atoms with Gasteiger partial charge in [0, 0.05) is 5.56 Å². The monoisotopic (exact) mass is 173 g/mol.